The Bertz CT molecular complexity index is 866. The normalized spacial score (nSPS) is 11.1. The number of ketones is 1. The van der Waals surface area contributed by atoms with Gasteiger partial charge in [0.15, 0.2) is 5.78 Å². The van der Waals surface area contributed by atoms with Gasteiger partial charge in [0.25, 0.3) is 0 Å². The Kier molecular flexibility index (Phi) is 5.41. The number of hydrogen-bond acceptors (Lipinski definition) is 4. The smallest absolute Gasteiger partial charge is 0.195 e. The van der Waals surface area contributed by atoms with Gasteiger partial charge < -0.3 is 9.15 Å². The number of hydrogen-bond donors (Lipinski definition) is 0. The number of rotatable bonds is 6. The van der Waals surface area contributed by atoms with Crippen molar-refractivity contribution in [2.45, 2.75) is 6.61 Å². The van der Waals surface area contributed by atoms with Crippen LogP contribution in [0.5, 0.6) is 5.75 Å². The van der Waals surface area contributed by atoms with Crippen molar-refractivity contribution >= 4 is 46.4 Å². The van der Waals surface area contributed by atoms with E-state index in [1.54, 1.807) is 42.5 Å². The molecule has 0 N–H and O–H groups in total. The molecule has 0 fully saturated rings. The molecular formula is C18H12Cl2O3S. The summed E-state index contributed by atoms with van der Waals surface area (Å²) in [4.78, 5) is 12.6. The van der Waals surface area contributed by atoms with E-state index < -0.39 is 0 Å². The molecular weight excluding hydrogens is 367 g/mol. The zero-order valence-electron chi connectivity index (χ0n) is 12.4. The highest BCUT2D eigenvalue weighted by Crippen LogP contribution is 2.32. The van der Waals surface area contributed by atoms with Crippen molar-refractivity contribution in [3.05, 3.63) is 80.4 Å². The van der Waals surface area contributed by atoms with E-state index in [4.69, 9.17) is 32.4 Å². The minimum atomic E-state index is -0.0510. The molecule has 0 saturated heterocycles. The van der Waals surface area contributed by atoms with Crippen molar-refractivity contribution in [2.24, 2.45) is 0 Å². The van der Waals surface area contributed by atoms with Gasteiger partial charge in [-0.3, -0.25) is 4.79 Å². The second kappa shape index (κ2) is 7.71. The fourth-order valence-electron chi connectivity index (χ4n) is 1.96. The molecule has 6 heteroatoms. The zero-order valence-corrected chi connectivity index (χ0v) is 14.7. The molecule has 0 unspecified atom stereocenters. The molecule has 0 aliphatic heterocycles. The van der Waals surface area contributed by atoms with Gasteiger partial charge in [-0.25, -0.2) is 0 Å². The minimum Gasteiger partial charge on any atom is -0.484 e. The Labute approximate surface area is 153 Å². The first-order valence-electron chi connectivity index (χ1n) is 7.05. The average molecular weight is 379 g/mol. The Morgan fingerprint density at radius 1 is 1.17 bits per heavy atom. The number of ether oxygens (including phenoxy) is 1. The van der Waals surface area contributed by atoms with Gasteiger partial charge in [-0.1, -0.05) is 35.3 Å². The maximum Gasteiger partial charge on any atom is 0.195 e. The van der Waals surface area contributed by atoms with Crippen LogP contribution in [0.4, 0.5) is 0 Å². The van der Waals surface area contributed by atoms with Crippen LogP contribution in [-0.2, 0) is 6.61 Å². The number of halogens is 2. The van der Waals surface area contributed by atoms with Crippen molar-refractivity contribution in [3.63, 3.8) is 0 Å². The van der Waals surface area contributed by atoms with Crippen LogP contribution in [0.25, 0.3) is 6.08 Å². The van der Waals surface area contributed by atoms with Crippen LogP contribution in [0.3, 0.4) is 0 Å². The maximum absolute atomic E-state index is 11.9. The molecule has 0 spiro atoms. The largest absolute Gasteiger partial charge is 0.484 e. The number of thiophene rings is 1. The third-order valence-electron chi connectivity index (χ3n) is 3.13. The topological polar surface area (TPSA) is 39.4 Å². The molecule has 2 aromatic heterocycles. The van der Waals surface area contributed by atoms with Crippen molar-refractivity contribution in [3.8, 4) is 5.75 Å². The predicted octanol–water partition coefficient (Wildman–Crippen LogP) is 6.12. The quantitative estimate of drug-likeness (QED) is 0.382. The van der Waals surface area contributed by atoms with E-state index >= 15 is 0 Å². The second-order valence-corrected chi connectivity index (χ2v) is 6.55. The summed E-state index contributed by atoms with van der Waals surface area (Å²) in [6.45, 7) is 0.215. The lowest BCUT2D eigenvalue weighted by Gasteiger charge is -2.06. The zero-order chi connectivity index (χ0) is 16.9. The molecule has 24 heavy (non-hydrogen) atoms. The first-order chi connectivity index (χ1) is 11.6. The molecule has 0 bridgehead atoms. The monoisotopic (exact) mass is 378 g/mol. The summed E-state index contributed by atoms with van der Waals surface area (Å²) >= 11 is 13.4. The number of benzene rings is 1. The lowest BCUT2D eigenvalue weighted by molar-refractivity contribution is 0.105. The molecule has 0 aliphatic rings. The molecule has 0 amide bonds. The second-order valence-electron chi connectivity index (χ2n) is 4.82. The van der Waals surface area contributed by atoms with E-state index in [1.807, 2.05) is 11.4 Å². The highest BCUT2D eigenvalue weighted by molar-refractivity contribution is 7.12. The molecule has 122 valence electrons. The molecule has 3 nitrogen and oxygen atoms in total. The van der Waals surface area contributed by atoms with Crippen molar-refractivity contribution < 1.29 is 13.9 Å². The SMILES string of the molecule is O=C(/C=C/c1ccc(COc2cccc(Cl)c2Cl)o1)c1cccs1. The summed E-state index contributed by atoms with van der Waals surface area (Å²) in [5, 5.41) is 2.67. The summed E-state index contributed by atoms with van der Waals surface area (Å²) < 4.78 is 11.2. The van der Waals surface area contributed by atoms with E-state index in [0.29, 0.717) is 32.2 Å². The van der Waals surface area contributed by atoms with Crippen LogP contribution < -0.4 is 4.74 Å². The third kappa shape index (κ3) is 4.09. The number of furan rings is 1. The van der Waals surface area contributed by atoms with E-state index in [-0.39, 0.29) is 12.4 Å². The summed E-state index contributed by atoms with van der Waals surface area (Å²) in [6.07, 6.45) is 3.13. The van der Waals surface area contributed by atoms with Gasteiger partial charge >= 0.3 is 0 Å². The van der Waals surface area contributed by atoms with Gasteiger partial charge in [0.1, 0.15) is 28.9 Å². The summed E-state index contributed by atoms with van der Waals surface area (Å²) in [6, 6.07) is 12.4. The van der Waals surface area contributed by atoms with E-state index in [2.05, 4.69) is 0 Å². The first-order valence-corrected chi connectivity index (χ1v) is 8.68. The molecule has 3 aromatic rings. The standard InChI is InChI=1S/C18H12Cl2O3S/c19-14-3-1-4-16(18(14)20)22-11-13-7-6-12(23-13)8-9-15(21)17-5-2-10-24-17/h1-10H,11H2/b9-8+. The summed E-state index contributed by atoms with van der Waals surface area (Å²) in [5.41, 5.74) is 0. The van der Waals surface area contributed by atoms with Crippen molar-refractivity contribution in [1.29, 1.82) is 0 Å². The van der Waals surface area contributed by atoms with E-state index in [0.717, 1.165) is 0 Å². The number of carbonyl (C=O) groups is 1. The van der Waals surface area contributed by atoms with Crippen LogP contribution in [-0.4, -0.2) is 5.78 Å². The van der Waals surface area contributed by atoms with E-state index in [9.17, 15) is 4.79 Å². The van der Waals surface area contributed by atoms with Crippen LogP contribution in [0.2, 0.25) is 10.0 Å². The van der Waals surface area contributed by atoms with Crippen LogP contribution in [0.1, 0.15) is 21.2 Å². The molecule has 3 rings (SSSR count). The van der Waals surface area contributed by atoms with Gasteiger partial charge in [0.05, 0.1) is 9.90 Å². The Morgan fingerprint density at radius 3 is 2.83 bits per heavy atom. The maximum atomic E-state index is 11.9. The fraction of sp³-hybridized carbons (Fsp3) is 0.0556. The number of allylic oxidation sites excluding steroid dienone is 1. The lowest BCUT2D eigenvalue weighted by Crippen LogP contribution is -1.94. The Hall–Kier alpha value is -2.01. The highest BCUT2D eigenvalue weighted by Gasteiger charge is 2.08. The van der Waals surface area contributed by atoms with Gasteiger partial charge in [-0.15, -0.1) is 11.3 Å². The van der Waals surface area contributed by atoms with E-state index in [1.165, 1.54) is 17.4 Å². The van der Waals surface area contributed by atoms with Crippen molar-refractivity contribution in [2.75, 3.05) is 0 Å². The lowest BCUT2D eigenvalue weighted by atomic mass is 10.3. The van der Waals surface area contributed by atoms with Gasteiger partial charge in [-0.2, -0.15) is 0 Å². The minimum absolute atomic E-state index is 0.0510. The van der Waals surface area contributed by atoms with Gasteiger partial charge in [-0.05, 0) is 47.9 Å². The molecule has 0 atom stereocenters. The summed E-state index contributed by atoms with van der Waals surface area (Å²) in [7, 11) is 0. The molecule has 0 aliphatic carbocycles. The molecule has 0 saturated carbocycles. The third-order valence-corrected chi connectivity index (χ3v) is 4.82. The highest BCUT2D eigenvalue weighted by atomic mass is 35.5. The Balaban J connectivity index is 1.61. The molecule has 2 heterocycles. The fourth-order valence-corrected chi connectivity index (χ4v) is 2.96. The van der Waals surface area contributed by atoms with Crippen molar-refractivity contribution in [1.82, 2.24) is 0 Å². The van der Waals surface area contributed by atoms with Gasteiger partial charge in [0.2, 0.25) is 0 Å². The van der Waals surface area contributed by atoms with Crippen LogP contribution in [0.15, 0.2) is 58.3 Å². The van der Waals surface area contributed by atoms with Gasteiger partial charge in [0, 0.05) is 0 Å². The Morgan fingerprint density at radius 2 is 2.04 bits per heavy atom. The van der Waals surface area contributed by atoms with Crippen LogP contribution >= 0.6 is 34.5 Å². The first kappa shape index (κ1) is 16.8. The summed E-state index contributed by atoms with van der Waals surface area (Å²) in [5.74, 6) is 1.64. The van der Waals surface area contributed by atoms with Crippen LogP contribution in [0, 0.1) is 0 Å². The molecule has 1 aromatic carbocycles. The number of carbonyl (C=O) groups excluding carboxylic acids is 1. The average Bonchev–Trinajstić information content (AvgIpc) is 3.26. The predicted molar refractivity (Wildman–Crippen MR) is 97.2 cm³/mol. The molecule has 0 radical (unpaired) electrons.